The van der Waals surface area contributed by atoms with Gasteiger partial charge in [0, 0.05) is 37.4 Å². The molecule has 1 N–H and O–H groups in total. The van der Waals surface area contributed by atoms with Gasteiger partial charge in [-0.2, -0.15) is 4.31 Å². The number of amides is 1. The maximum Gasteiger partial charge on any atom is 0.255 e. The molecule has 1 fully saturated rings. The van der Waals surface area contributed by atoms with Gasteiger partial charge in [0.25, 0.3) is 5.91 Å². The molecule has 1 saturated heterocycles. The minimum Gasteiger partial charge on any atom is -0.495 e. The van der Waals surface area contributed by atoms with E-state index in [0.29, 0.717) is 24.5 Å². The number of sulfonamides is 1. The fourth-order valence-corrected chi connectivity index (χ4v) is 5.48. The highest BCUT2D eigenvalue weighted by molar-refractivity contribution is 7.89. The number of para-hydroxylation sites is 2. The molecule has 0 saturated carbocycles. The Kier molecular flexibility index (Phi) is 6.85. The van der Waals surface area contributed by atoms with Crippen molar-refractivity contribution in [3.63, 3.8) is 0 Å². The number of anilines is 2. The molecule has 3 aromatic carbocycles. The molecule has 178 valence electrons. The van der Waals surface area contributed by atoms with Crippen molar-refractivity contribution in [1.82, 2.24) is 4.31 Å². The van der Waals surface area contributed by atoms with Crippen molar-refractivity contribution >= 4 is 27.3 Å². The Labute approximate surface area is 198 Å². The smallest absolute Gasteiger partial charge is 0.255 e. The van der Waals surface area contributed by atoms with Crippen LogP contribution in [0.25, 0.3) is 0 Å². The van der Waals surface area contributed by atoms with Gasteiger partial charge in [-0.3, -0.25) is 4.79 Å². The molecule has 0 unspecified atom stereocenters. The molecule has 1 amide bonds. The molecule has 34 heavy (non-hydrogen) atoms. The van der Waals surface area contributed by atoms with Gasteiger partial charge in [-0.05, 0) is 55.0 Å². The van der Waals surface area contributed by atoms with Crippen molar-refractivity contribution in [2.45, 2.75) is 11.8 Å². The molecule has 0 radical (unpaired) electrons. The van der Waals surface area contributed by atoms with Crippen molar-refractivity contribution in [3.8, 4) is 5.75 Å². The van der Waals surface area contributed by atoms with Gasteiger partial charge >= 0.3 is 0 Å². The number of aryl methyl sites for hydroxylation is 1. The summed E-state index contributed by atoms with van der Waals surface area (Å²) in [7, 11) is -2.54. The summed E-state index contributed by atoms with van der Waals surface area (Å²) in [5, 5.41) is 2.72. The third-order valence-electron chi connectivity index (χ3n) is 5.75. The first-order valence-corrected chi connectivity index (χ1v) is 12.3. The number of hydrogen-bond donors (Lipinski definition) is 1. The Hall–Kier alpha value is -3.43. The third kappa shape index (κ3) is 4.90. The molecule has 0 aromatic heterocycles. The lowest BCUT2D eigenvalue weighted by atomic mass is 10.2. The van der Waals surface area contributed by atoms with Gasteiger partial charge in [-0.25, -0.2) is 12.8 Å². The molecule has 3 aromatic rings. The SMILES string of the molecule is COc1ccccc1N1CCN(S(=O)(=O)c2cc(C(=O)Nc3cccc(C)c3)ccc2F)CC1. The van der Waals surface area contributed by atoms with Gasteiger partial charge in [0.1, 0.15) is 16.5 Å². The van der Waals surface area contributed by atoms with Crippen LogP contribution in [-0.2, 0) is 10.0 Å². The van der Waals surface area contributed by atoms with Crippen LogP contribution in [0.15, 0.2) is 71.6 Å². The molecule has 1 heterocycles. The van der Waals surface area contributed by atoms with Crippen molar-refractivity contribution in [2.75, 3.05) is 43.5 Å². The van der Waals surface area contributed by atoms with Gasteiger partial charge in [0.05, 0.1) is 12.8 Å². The summed E-state index contributed by atoms with van der Waals surface area (Å²) < 4.78 is 47.8. The largest absolute Gasteiger partial charge is 0.495 e. The Morgan fingerprint density at radius 2 is 1.71 bits per heavy atom. The summed E-state index contributed by atoms with van der Waals surface area (Å²) in [5.41, 5.74) is 2.48. The van der Waals surface area contributed by atoms with E-state index >= 15 is 0 Å². The Morgan fingerprint density at radius 1 is 0.971 bits per heavy atom. The number of nitrogens with zero attached hydrogens (tertiary/aromatic N) is 2. The highest BCUT2D eigenvalue weighted by Gasteiger charge is 2.32. The highest BCUT2D eigenvalue weighted by Crippen LogP contribution is 2.30. The molecular formula is C25H26FN3O4S. The number of carbonyl (C=O) groups excluding carboxylic acids is 1. The molecule has 9 heteroatoms. The number of carbonyl (C=O) groups is 1. The van der Waals surface area contributed by atoms with Gasteiger partial charge in [-0.1, -0.05) is 24.3 Å². The zero-order chi connectivity index (χ0) is 24.3. The number of ether oxygens (including phenoxy) is 1. The molecule has 0 spiro atoms. The number of benzene rings is 3. The van der Waals surface area contributed by atoms with Crippen LogP contribution in [0, 0.1) is 12.7 Å². The molecule has 1 aliphatic rings. The standard InChI is InChI=1S/C25H26FN3O4S/c1-18-6-5-7-20(16-18)27-25(30)19-10-11-21(26)24(17-19)34(31,32)29-14-12-28(13-15-29)22-8-3-4-9-23(22)33-2/h3-11,16-17H,12-15H2,1-2H3,(H,27,30). The van der Waals surface area contributed by atoms with Crippen molar-refractivity contribution < 1.29 is 22.3 Å². The van der Waals surface area contributed by atoms with Crippen LogP contribution in [0.3, 0.4) is 0 Å². The van der Waals surface area contributed by atoms with Gasteiger partial charge < -0.3 is 15.0 Å². The number of halogens is 1. The van der Waals surface area contributed by atoms with Crippen molar-refractivity contribution in [1.29, 1.82) is 0 Å². The van der Waals surface area contributed by atoms with E-state index in [1.807, 2.05) is 42.2 Å². The van der Waals surface area contributed by atoms with Crippen LogP contribution in [0.2, 0.25) is 0 Å². The van der Waals surface area contributed by atoms with Gasteiger partial charge in [0.15, 0.2) is 0 Å². The summed E-state index contributed by atoms with van der Waals surface area (Å²) in [4.78, 5) is 14.2. The fourth-order valence-electron chi connectivity index (χ4n) is 3.97. The molecular weight excluding hydrogens is 457 g/mol. The third-order valence-corrected chi connectivity index (χ3v) is 7.67. The molecule has 4 rings (SSSR count). The first kappa shape index (κ1) is 23.7. The van der Waals surface area contributed by atoms with Crippen LogP contribution < -0.4 is 15.0 Å². The summed E-state index contributed by atoms with van der Waals surface area (Å²) in [5.74, 6) is -0.695. The monoisotopic (exact) mass is 483 g/mol. The number of methoxy groups -OCH3 is 1. The van der Waals surface area contributed by atoms with Crippen LogP contribution in [-0.4, -0.2) is 51.9 Å². The average Bonchev–Trinajstić information content (AvgIpc) is 2.84. The lowest BCUT2D eigenvalue weighted by Crippen LogP contribution is -2.48. The van der Waals surface area contributed by atoms with E-state index in [4.69, 9.17) is 4.74 Å². The minimum absolute atomic E-state index is 0.0640. The van der Waals surface area contributed by atoms with E-state index in [9.17, 15) is 17.6 Å². The maximum absolute atomic E-state index is 14.6. The number of rotatable bonds is 6. The fraction of sp³-hybridized carbons (Fsp3) is 0.240. The molecule has 1 aliphatic heterocycles. The van der Waals surface area contributed by atoms with Crippen LogP contribution >= 0.6 is 0 Å². The van der Waals surface area contributed by atoms with Crippen LogP contribution in [0.5, 0.6) is 5.75 Å². The first-order valence-electron chi connectivity index (χ1n) is 10.9. The first-order chi connectivity index (χ1) is 16.3. The quantitative estimate of drug-likeness (QED) is 0.575. The van der Waals surface area contributed by atoms with E-state index in [2.05, 4.69) is 5.32 Å². The second-order valence-corrected chi connectivity index (χ2v) is 9.94. The maximum atomic E-state index is 14.6. The molecule has 0 aliphatic carbocycles. The van der Waals surface area contributed by atoms with Gasteiger partial charge in [0.2, 0.25) is 10.0 Å². The number of nitrogens with one attached hydrogen (secondary N) is 1. The zero-order valence-corrected chi connectivity index (χ0v) is 19.8. The van der Waals surface area contributed by atoms with E-state index in [1.54, 1.807) is 25.3 Å². The minimum atomic E-state index is -4.13. The Balaban J connectivity index is 1.52. The van der Waals surface area contributed by atoms with Crippen molar-refractivity contribution in [2.24, 2.45) is 0 Å². The second-order valence-electron chi connectivity index (χ2n) is 8.03. The van der Waals surface area contributed by atoms with E-state index in [-0.39, 0.29) is 18.7 Å². The van der Waals surface area contributed by atoms with E-state index in [0.717, 1.165) is 23.4 Å². The summed E-state index contributed by atoms with van der Waals surface area (Å²) in [6.45, 7) is 3.11. The van der Waals surface area contributed by atoms with E-state index < -0.39 is 26.6 Å². The second kappa shape index (κ2) is 9.82. The van der Waals surface area contributed by atoms with E-state index in [1.165, 1.54) is 10.4 Å². The normalized spacial score (nSPS) is 14.6. The Morgan fingerprint density at radius 3 is 2.41 bits per heavy atom. The predicted octanol–water partition coefficient (Wildman–Crippen LogP) is 3.91. The highest BCUT2D eigenvalue weighted by atomic mass is 32.2. The lowest BCUT2D eigenvalue weighted by molar-refractivity contribution is 0.102. The molecule has 7 nitrogen and oxygen atoms in total. The van der Waals surface area contributed by atoms with Crippen molar-refractivity contribution in [3.05, 3.63) is 83.7 Å². The predicted molar refractivity (Wildman–Crippen MR) is 129 cm³/mol. The lowest BCUT2D eigenvalue weighted by Gasteiger charge is -2.36. The Bertz CT molecular complexity index is 1310. The van der Waals surface area contributed by atoms with Gasteiger partial charge in [-0.15, -0.1) is 0 Å². The average molecular weight is 484 g/mol. The summed E-state index contributed by atoms with van der Waals surface area (Å²) in [6, 6.07) is 18.1. The summed E-state index contributed by atoms with van der Waals surface area (Å²) in [6.07, 6.45) is 0. The number of hydrogen-bond acceptors (Lipinski definition) is 5. The molecule has 0 atom stereocenters. The molecule has 0 bridgehead atoms. The van der Waals surface area contributed by atoms with Crippen LogP contribution in [0.4, 0.5) is 15.8 Å². The van der Waals surface area contributed by atoms with Crippen LogP contribution in [0.1, 0.15) is 15.9 Å². The number of piperazine rings is 1. The topological polar surface area (TPSA) is 79.0 Å². The summed E-state index contributed by atoms with van der Waals surface area (Å²) >= 11 is 0. The zero-order valence-electron chi connectivity index (χ0n) is 19.0.